The Labute approximate surface area is 146 Å². The second-order valence-corrected chi connectivity index (χ2v) is 8.79. The van der Waals surface area contributed by atoms with E-state index in [1.54, 1.807) is 0 Å². The molecule has 0 bridgehead atoms. The van der Waals surface area contributed by atoms with Gasteiger partial charge in [0.15, 0.2) is 9.84 Å². The molecular weight excluding hydrogens is 336 g/mol. The molecule has 25 heavy (non-hydrogen) atoms. The van der Waals surface area contributed by atoms with Crippen LogP contribution >= 0.6 is 0 Å². The molecule has 1 aliphatic heterocycles. The van der Waals surface area contributed by atoms with E-state index in [0.717, 1.165) is 28.0 Å². The van der Waals surface area contributed by atoms with Gasteiger partial charge < -0.3 is 0 Å². The van der Waals surface area contributed by atoms with Crippen LogP contribution < -0.4 is 5.43 Å². The molecule has 0 aromatic heterocycles. The number of carbonyl (C=O) groups is 1. The Kier molecular flexibility index (Phi) is 3.92. The summed E-state index contributed by atoms with van der Waals surface area (Å²) in [7, 11) is -2.97. The molecule has 6 heteroatoms. The minimum atomic E-state index is -2.97. The number of hydrogen-bond acceptors (Lipinski definition) is 4. The van der Waals surface area contributed by atoms with Crippen molar-refractivity contribution in [3.05, 3.63) is 59.7 Å². The Morgan fingerprint density at radius 1 is 1.00 bits per heavy atom. The zero-order valence-electron chi connectivity index (χ0n) is 13.6. The van der Waals surface area contributed by atoms with E-state index in [4.69, 9.17) is 0 Å². The van der Waals surface area contributed by atoms with Crippen LogP contribution in [0.1, 0.15) is 24.0 Å². The van der Waals surface area contributed by atoms with Gasteiger partial charge in [-0.05, 0) is 23.5 Å². The van der Waals surface area contributed by atoms with E-state index in [1.807, 2.05) is 48.5 Å². The molecule has 2 aromatic rings. The highest BCUT2D eigenvalue weighted by molar-refractivity contribution is 7.91. The number of nitrogens with zero attached hydrogens (tertiary/aromatic N) is 1. The maximum absolute atomic E-state index is 12.2. The fourth-order valence-electron chi connectivity index (χ4n) is 3.57. The zero-order valence-corrected chi connectivity index (χ0v) is 14.4. The molecule has 128 valence electrons. The molecule has 1 amide bonds. The lowest BCUT2D eigenvalue weighted by molar-refractivity contribution is -0.121. The number of amides is 1. The molecule has 1 atom stereocenters. The second-order valence-electron chi connectivity index (χ2n) is 6.56. The smallest absolute Gasteiger partial charge is 0.240 e. The minimum absolute atomic E-state index is 0.0999. The standard InChI is InChI=1S/C19H18N2O3S/c22-18(11-13-9-10-25(23,24)12-13)20-21-19-16-7-3-1-5-14(16)15-6-2-4-8-17(15)19/h1-8,13H,9-12H2,(H,20,22)/t13-/m0/s1. The molecular formula is C19H18N2O3S. The number of fused-ring (bicyclic) bond motifs is 3. The average molecular weight is 354 g/mol. The lowest BCUT2D eigenvalue weighted by atomic mass is 10.1. The molecule has 4 rings (SSSR count). The summed E-state index contributed by atoms with van der Waals surface area (Å²) < 4.78 is 23.0. The Hall–Kier alpha value is -2.47. The van der Waals surface area contributed by atoms with Crippen LogP contribution in [0.25, 0.3) is 11.1 Å². The first-order valence-corrected chi connectivity index (χ1v) is 10.1. The summed E-state index contributed by atoms with van der Waals surface area (Å²) in [4.78, 5) is 12.2. The van der Waals surface area contributed by atoms with Crippen LogP contribution in [0, 0.1) is 5.92 Å². The highest BCUT2D eigenvalue weighted by atomic mass is 32.2. The third kappa shape index (κ3) is 3.09. The summed E-state index contributed by atoms with van der Waals surface area (Å²) in [6.45, 7) is 0. The monoisotopic (exact) mass is 354 g/mol. The van der Waals surface area contributed by atoms with Crippen LogP contribution in [0.15, 0.2) is 53.6 Å². The summed E-state index contributed by atoms with van der Waals surface area (Å²) in [5.74, 6) is -0.0621. The molecule has 0 radical (unpaired) electrons. The number of hydrazone groups is 1. The van der Waals surface area contributed by atoms with Gasteiger partial charge >= 0.3 is 0 Å². The summed E-state index contributed by atoms with van der Waals surface area (Å²) in [6.07, 6.45) is 0.747. The maximum atomic E-state index is 12.2. The molecule has 5 nitrogen and oxygen atoms in total. The van der Waals surface area contributed by atoms with Gasteiger partial charge in [0.25, 0.3) is 0 Å². The largest absolute Gasteiger partial charge is 0.273 e. The molecule has 0 spiro atoms. The van der Waals surface area contributed by atoms with E-state index < -0.39 is 9.84 Å². The highest BCUT2D eigenvalue weighted by Gasteiger charge is 2.29. The van der Waals surface area contributed by atoms with Crippen molar-refractivity contribution in [2.75, 3.05) is 11.5 Å². The van der Waals surface area contributed by atoms with Gasteiger partial charge in [-0.1, -0.05) is 48.5 Å². The van der Waals surface area contributed by atoms with E-state index in [9.17, 15) is 13.2 Å². The van der Waals surface area contributed by atoms with Gasteiger partial charge in [0.05, 0.1) is 17.2 Å². The summed E-state index contributed by atoms with van der Waals surface area (Å²) >= 11 is 0. The maximum Gasteiger partial charge on any atom is 0.240 e. The lowest BCUT2D eigenvalue weighted by Gasteiger charge is -2.07. The Balaban J connectivity index is 1.55. The average Bonchev–Trinajstić information content (AvgIpc) is 3.10. The lowest BCUT2D eigenvalue weighted by Crippen LogP contribution is -2.23. The molecule has 2 aromatic carbocycles. The number of sulfone groups is 1. The Morgan fingerprint density at radius 2 is 1.56 bits per heavy atom. The highest BCUT2D eigenvalue weighted by Crippen LogP contribution is 2.36. The van der Waals surface area contributed by atoms with Crippen LogP contribution in [-0.4, -0.2) is 31.5 Å². The molecule has 1 N–H and O–H groups in total. The van der Waals surface area contributed by atoms with Gasteiger partial charge in [-0.25, -0.2) is 13.8 Å². The van der Waals surface area contributed by atoms with Crippen molar-refractivity contribution in [2.45, 2.75) is 12.8 Å². The third-order valence-corrected chi connectivity index (χ3v) is 6.58. The van der Waals surface area contributed by atoms with E-state index in [2.05, 4.69) is 10.5 Å². The fraction of sp³-hybridized carbons (Fsp3) is 0.263. The summed E-state index contributed by atoms with van der Waals surface area (Å²) in [5, 5.41) is 4.35. The summed E-state index contributed by atoms with van der Waals surface area (Å²) in [6, 6.07) is 15.9. The SMILES string of the molecule is O=C(C[C@@H]1CCS(=O)(=O)C1)NN=C1c2ccccc2-c2ccccc21. The van der Waals surface area contributed by atoms with E-state index in [-0.39, 0.29) is 29.8 Å². The molecule has 1 aliphatic carbocycles. The van der Waals surface area contributed by atoms with Crippen molar-refractivity contribution >= 4 is 21.5 Å². The number of rotatable bonds is 3. The van der Waals surface area contributed by atoms with Gasteiger partial charge in [0, 0.05) is 17.5 Å². The van der Waals surface area contributed by atoms with Gasteiger partial charge in [-0.3, -0.25) is 4.79 Å². The van der Waals surface area contributed by atoms with Crippen molar-refractivity contribution in [3.8, 4) is 11.1 Å². The topological polar surface area (TPSA) is 75.6 Å². The van der Waals surface area contributed by atoms with Crippen LogP contribution in [-0.2, 0) is 14.6 Å². The minimum Gasteiger partial charge on any atom is -0.273 e. The first-order valence-electron chi connectivity index (χ1n) is 8.30. The zero-order chi connectivity index (χ0) is 17.4. The van der Waals surface area contributed by atoms with Gasteiger partial charge in [0.1, 0.15) is 0 Å². The molecule has 0 unspecified atom stereocenters. The second kappa shape index (κ2) is 6.11. The van der Waals surface area contributed by atoms with Crippen molar-refractivity contribution in [3.63, 3.8) is 0 Å². The Morgan fingerprint density at radius 3 is 2.08 bits per heavy atom. The van der Waals surface area contributed by atoms with Crippen LogP contribution in [0.4, 0.5) is 0 Å². The van der Waals surface area contributed by atoms with E-state index in [1.165, 1.54) is 0 Å². The van der Waals surface area contributed by atoms with Crippen molar-refractivity contribution in [2.24, 2.45) is 11.0 Å². The molecule has 1 saturated heterocycles. The summed E-state index contributed by atoms with van der Waals surface area (Å²) in [5.41, 5.74) is 7.56. The predicted octanol–water partition coefficient (Wildman–Crippen LogP) is 2.36. The van der Waals surface area contributed by atoms with Crippen LogP contribution in [0.2, 0.25) is 0 Å². The van der Waals surface area contributed by atoms with E-state index >= 15 is 0 Å². The first-order chi connectivity index (χ1) is 12.0. The molecule has 1 fully saturated rings. The Bertz CT molecular complexity index is 932. The quantitative estimate of drug-likeness (QED) is 0.734. The third-order valence-electron chi connectivity index (χ3n) is 4.75. The van der Waals surface area contributed by atoms with Crippen molar-refractivity contribution in [1.29, 1.82) is 0 Å². The number of nitrogens with one attached hydrogen (secondary N) is 1. The van der Waals surface area contributed by atoms with E-state index in [0.29, 0.717) is 6.42 Å². The van der Waals surface area contributed by atoms with Crippen molar-refractivity contribution in [1.82, 2.24) is 5.43 Å². The van der Waals surface area contributed by atoms with Gasteiger partial charge in [-0.15, -0.1) is 0 Å². The predicted molar refractivity (Wildman–Crippen MR) is 97.0 cm³/mol. The van der Waals surface area contributed by atoms with Gasteiger partial charge in [-0.2, -0.15) is 5.10 Å². The van der Waals surface area contributed by atoms with Crippen LogP contribution in [0.3, 0.4) is 0 Å². The molecule has 1 heterocycles. The first kappa shape index (κ1) is 16.0. The molecule has 2 aliphatic rings. The fourth-order valence-corrected chi connectivity index (χ4v) is 5.44. The molecule has 0 saturated carbocycles. The van der Waals surface area contributed by atoms with Crippen LogP contribution in [0.5, 0.6) is 0 Å². The van der Waals surface area contributed by atoms with Crippen molar-refractivity contribution < 1.29 is 13.2 Å². The number of carbonyl (C=O) groups excluding carboxylic acids is 1. The van der Waals surface area contributed by atoms with Gasteiger partial charge in [0.2, 0.25) is 5.91 Å². The number of hydrogen-bond donors (Lipinski definition) is 1. The normalized spacial score (nSPS) is 20.0. The number of benzene rings is 2.